The number of para-hydroxylation sites is 1. The van der Waals surface area contributed by atoms with E-state index in [2.05, 4.69) is 26.7 Å². The monoisotopic (exact) mass is 276 g/mol. The maximum Gasteiger partial charge on any atom is 0.310 e. The maximum absolute atomic E-state index is 11.0. The van der Waals surface area contributed by atoms with Gasteiger partial charge in [0.05, 0.1) is 13.0 Å². The Kier molecular flexibility index (Phi) is 4.39. The molecule has 0 fully saturated rings. The van der Waals surface area contributed by atoms with Crippen LogP contribution in [0.15, 0.2) is 44.9 Å². The maximum atomic E-state index is 11.0. The van der Waals surface area contributed by atoms with Gasteiger partial charge in [0, 0.05) is 5.56 Å². The Balaban J connectivity index is 0.000000157. The fourth-order valence-electron chi connectivity index (χ4n) is 1.65. The molecule has 20 heavy (non-hydrogen) atoms. The molecule has 0 saturated carbocycles. The van der Waals surface area contributed by atoms with Crippen molar-refractivity contribution in [1.29, 1.82) is 0 Å². The molecule has 1 aromatic rings. The van der Waals surface area contributed by atoms with E-state index in [-0.39, 0.29) is 12.4 Å². The summed E-state index contributed by atoms with van der Waals surface area (Å²) in [6, 6.07) is 8.08. The lowest BCUT2D eigenvalue weighted by molar-refractivity contribution is -0.144. The van der Waals surface area contributed by atoms with Crippen molar-refractivity contribution in [1.82, 2.24) is 0 Å². The minimum absolute atomic E-state index is 0.0911. The molecule has 0 saturated heterocycles. The van der Waals surface area contributed by atoms with Crippen molar-refractivity contribution in [2.24, 2.45) is 20.7 Å². The Morgan fingerprint density at radius 3 is 2.50 bits per heavy atom. The molecular weight excluding hydrogens is 260 g/mol. The second kappa shape index (κ2) is 6.23. The molecule has 0 N–H and O–H groups in total. The molecule has 106 valence electrons. The Morgan fingerprint density at radius 2 is 2.05 bits per heavy atom. The molecule has 2 aliphatic rings. The average Bonchev–Trinajstić information content (AvgIpc) is 2.78. The molecule has 7 heteroatoms. The molecule has 3 rings (SSSR count). The molecule has 0 bridgehead atoms. The van der Waals surface area contributed by atoms with Gasteiger partial charge in [0.1, 0.15) is 12.4 Å². The van der Waals surface area contributed by atoms with Crippen molar-refractivity contribution in [3.63, 3.8) is 0 Å². The summed E-state index contributed by atoms with van der Waals surface area (Å²) >= 11 is 0. The van der Waals surface area contributed by atoms with E-state index >= 15 is 0 Å². The third-order valence-corrected chi connectivity index (χ3v) is 2.70. The van der Waals surface area contributed by atoms with Crippen molar-refractivity contribution < 1.29 is 14.3 Å². The second-order valence-electron chi connectivity index (χ2n) is 4.47. The molecule has 7 nitrogen and oxygen atoms in total. The number of nitrogens with zero attached hydrogens (tertiary/aromatic N) is 4. The van der Waals surface area contributed by atoms with Crippen LogP contribution in [-0.2, 0) is 16.1 Å². The van der Waals surface area contributed by atoms with E-state index in [4.69, 9.17) is 9.47 Å². The molecule has 0 radical (unpaired) electrons. The Hall–Kier alpha value is -2.31. The van der Waals surface area contributed by atoms with Crippen LogP contribution in [0.5, 0.6) is 5.75 Å². The highest BCUT2D eigenvalue weighted by molar-refractivity contribution is 5.70. The van der Waals surface area contributed by atoms with Crippen molar-refractivity contribution in [3.8, 4) is 5.75 Å². The van der Waals surface area contributed by atoms with Crippen LogP contribution < -0.4 is 4.74 Å². The SMILES string of the molecule is CCOC(=O)CC1(C)N=NN=N1.c1ccc2c(c1)CO2. The molecule has 0 atom stereocenters. The Morgan fingerprint density at radius 1 is 1.35 bits per heavy atom. The molecule has 0 unspecified atom stereocenters. The summed E-state index contributed by atoms with van der Waals surface area (Å²) < 4.78 is 9.80. The van der Waals surface area contributed by atoms with Crippen LogP contribution >= 0.6 is 0 Å². The highest BCUT2D eigenvalue weighted by atomic mass is 16.5. The highest BCUT2D eigenvalue weighted by Crippen LogP contribution is 2.27. The summed E-state index contributed by atoms with van der Waals surface area (Å²) in [4.78, 5) is 11.0. The lowest BCUT2D eigenvalue weighted by Gasteiger charge is -2.18. The predicted octanol–water partition coefficient (Wildman–Crippen LogP) is 3.07. The zero-order valence-electron chi connectivity index (χ0n) is 11.4. The Bertz CT molecular complexity index is 507. The number of fused-ring (bicyclic) bond motifs is 1. The van der Waals surface area contributed by atoms with E-state index in [1.54, 1.807) is 13.8 Å². The number of rotatable bonds is 3. The number of hydrogen-bond donors (Lipinski definition) is 0. The van der Waals surface area contributed by atoms with Crippen molar-refractivity contribution in [2.75, 3.05) is 6.61 Å². The lowest BCUT2D eigenvalue weighted by atomic mass is 10.1. The van der Waals surface area contributed by atoms with E-state index in [1.807, 2.05) is 18.2 Å². The van der Waals surface area contributed by atoms with Crippen LogP contribution in [-0.4, -0.2) is 18.2 Å². The fraction of sp³-hybridized carbons (Fsp3) is 0.462. The number of carbonyl (C=O) groups is 1. The number of carbonyl (C=O) groups excluding carboxylic acids is 1. The largest absolute Gasteiger partial charge is 0.488 e. The first-order valence-electron chi connectivity index (χ1n) is 6.33. The summed E-state index contributed by atoms with van der Waals surface area (Å²) in [7, 11) is 0. The van der Waals surface area contributed by atoms with Crippen LogP contribution in [0.2, 0.25) is 0 Å². The summed E-state index contributed by atoms with van der Waals surface area (Å²) in [5.74, 6) is 0.715. The normalized spacial score (nSPS) is 16.3. The van der Waals surface area contributed by atoms with Crippen molar-refractivity contribution >= 4 is 5.97 Å². The van der Waals surface area contributed by atoms with Gasteiger partial charge in [0.25, 0.3) is 0 Å². The number of ether oxygens (including phenoxy) is 2. The number of benzene rings is 1. The second-order valence-corrected chi connectivity index (χ2v) is 4.47. The zero-order valence-corrected chi connectivity index (χ0v) is 11.4. The van der Waals surface area contributed by atoms with Gasteiger partial charge in [-0.05, 0) is 30.4 Å². The number of esters is 1. The van der Waals surface area contributed by atoms with Gasteiger partial charge in [-0.25, -0.2) is 0 Å². The van der Waals surface area contributed by atoms with Crippen LogP contribution in [0.4, 0.5) is 0 Å². The minimum Gasteiger partial charge on any atom is -0.488 e. The topological polar surface area (TPSA) is 85.0 Å². The van der Waals surface area contributed by atoms with Gasteiger partial charge in [-0.1, -0.05) is 18.2 Å². The first-order valence-corrected chi connectivity index (χ1v) is 6.33. The third kappa shape index (κ3) is 3.59. The molecule has 2 heterocycles. The average molecular weight is 276 g/mol. The van der Waals surface area contributed by atoms with E-state index < -0.39 is 5.66 Å². The molecule has 0 amide bonds. The summed E-state index contributed by atoms with van der Waals surface area (Å²) in [5.41, 5.74) is 0.485. The third-order valence-electron chi connectivity index (χ3n) is 2.70. The fourth-order valence-corrected chi connectivity index (χ4v) is 1.65. The summed E-state index contributed by atoms with van der Waals surface area (Å²) in [6.07, 6.45) is 0.0911. The van der Waals surface area contributed by atoms with Gasteiger partial charge < -0.3 is 9.47 Å². The molecule has 0 aliphatic carbocycles. The highest BCUT2D eigenvalue weighted by Gasteiger charge is 2.30. The van der Waals surface area contributed by atoms with Crippen LogP contribution in [0.1, 0.15) is 25.8 Å². The van der Waals surface area contributed by atoms with Crippen LogP contribution in [0, 0.1) is 0 Å². The van der Waals surface area contributed by atoms with E-state index in [0.29, 0.717) is 6.61 Å². The quantitative estimate of drug-likeness (QED) is 0.795. The number of hydrogen-bond acceptors (Lipinski definition) is 7. The van der Waals surface area contributed by atoms with Gasteiger partial charge in [-0.2, -0.15) is 0 Å². The first kappa shape index (κ1) is 14.1. The van der Waals surface area contributed by atoms with Gasteiger partial charge in [0.15, 0.2) is 0 Å². The molecular formula is C13H16N4O3. The molecule has 1 aromatic carbocycles. The first-order chi connectivity index (χ1) is 9.63. The van der Waals surface area contributed by atoms with Crippen LogP contribution in [0.3, 0.4) is 0 Å². The van der Waals surface area contributed by atoms with Crippen molar-refractivity contribution in [2.45, 2.75) is 32.5 Å². The van der Waals surface area contributed by atoms with Gasteiger partial charge in [-0.3, -0.25) is 4.79 Å². The van der Waals surface area contributed by atoms with E-state index in [9.17, 15) is 4.79 Å². The smallest absolute Gasteiger partial charge is 0.310 e. The minimum atomic E-state index is -0.841. The van der Waals surface area contributed by atoms with Gasteiger partial charge in [-0.15, -0.1) is 10.2 Å². The van der Waals surface area contributed by atoms with Crippen molar-refractivity contribution in [3.05, 3.63) is 29.8 Å². The Labute approximate surface area is 116 Å². The van der Waals surface area contributed by atoms with Gasteiger partial charge >= 0.3 is 5.97 Å². The van der Waals surface area contributed by atoms with Crippen LogP contribution in [0.25, 0.3) is 0 Å². The molecule has 0 aromatic heterocycles. The summed E-state index contributed by atoms with van der Waals surface area (Å²) in [6.45, 7) is 4.58. The van der Waals surface area contributed by atoms with E-state index in [1.165, 1.54) is 5.56 Å². The van der Waals surface area contributed by atoms with Gasteiger partial charge in [0.2, 0.25) is 5.66 Å². The lowest BCUT2D eigenvalue weighted by Crippen LogP contribution is -2.22. The predicted molar refractivity (Wildman–Crippen MR) is 70.1 cm³/mol. The standard InChI is InChI=1S/C7H6O.C6H10N4O2/c1-2-4-7-6(3-1)5-8-7;1-3-12-5(11)4-6(2)7-9-10-8-6/h1-4H,5H2;3-4H2,1-2H3. The zero-order chi connectivity index (χ0) is 14.4. The molecule has 0 spiro atoms. The molecule has 2 aliphatic heterocycles. The van der Waals surface area contributed by atoms with E-state index in [0.717, 1.165) is 12.4 Å². The summed E-state index contributed by atoms with van der Waals surface area (Å²) in [5, 5.41) is 14.0.